The van der Waals surface area contributed by atoms with Crippen LogP contribution in [0.1, 0.15) is 24.0 Å². The molecule has 0 aliphatic carbocycles. The van der Waals surface area contributed by atoms with E-state index in [2.05, 4.69) is 5.32 Å². The van der Waals surface area contributed by atoms with Crippen molar-refractivity contribution in [1.29, 1.82) is 5.26 Å². The van der Waals surface area contributed by atoms with Gasteiger partial charge in [0, 0.05) is 18.8 Å². The third-order valence-electron chi connectivity index (χ3n) is 4.67. The Labute approximate surface area is 159 Å². The van der Waals surface area contributed by atoms with E-state index in [0.717, 1.165) is 5.56 Å². The van der Waals surface area contributed by atoms with Gasteiger partial charge in [-0.15, -0.1) is 0 Å². The molecule has 1 fully saturated rings. The van der Waals surface area contributed by atoms with Gasteiger partial charge in [-0.2, -0.15) is 9.57 Å². The summed E-state index contributed by atoms with van der Waals surface area (Å²) < 4.78 is 27.1. The molecule has 1 amide bonds. The lowest BCUT2D eigenvalue weighted by atomic mass is 9.98. The first-order valence-electron chi connectivity index (χ1n) is 8.78. The molecule has 1 heterocycles. The molecule has 1 atom stereocenters. The monoisotopic (exact) mass is 383 g/mol. The van der Waals surface area contributed by atoms with Crippen LogP contribution in [0.15, 0.2) is 53.4 Å². The standard InChI is InChI=1S/C20H21N3O3S/c1-15-7-9-19(10-8-15)27(25,26)23-11-3-5-17(14-23)20(24)22-18-6-2-4-16(12-18)13-21/h2,4,6-10,12,17H,3,5,11,14H2,1H3,(H,22,24)/t17-/m1/s1. The maximum Gasteiger partial charge on any atom is 0.243 e. The summed E-state index contributed by atoms with van der Waals surface area (Å²) in [5.41, 5.74) is 1.99. The number of aryl methyl sites for hydroxylation is 1. The van der Waals surface area contributed by atoms with E-state index < -0.39 is 15.9 Å². The summed E-state index contributed by atoms with van der Waals surface area (Å²) in [6.45, 7) is 2.46. The minimum atomic E-state index is -3.62. The quantitative estimate of drug-likeness (QED) is 0.879. The zero-order chi connectivity index (χ0) is 19.4. The fourth-order valence-electron chi connectivity index (χ4n) is 3.14. The normalized spacial score (nSPS) is 17.9. The first-order valence-corrected chi connectivity index (χ1v) is 10.2. The summed E-state index contributed by atoms with van der Waals surface area (Å²) in [4.78, 5) is 12.9. The highest BCUT2D eigenvalue weighted by atomic mass is 32.2. The predicted octanol–water partition coefficient (Wildman–Crippen LogP) is 2.91. The van der Waals surface area contributed by atoms with Gasteiger partial charge in [-0.3, -0.25) is 4.79 Å². The van der Waals surface area contributed by atoms with Crippen molar-refractivity contribution in [1.82, 2.24) is 4.31 Å². The Morgan fingerprint density at radius 1 is 1.22 bits per heavy atom. The van der Waals surface area contributed by atoms with Gasteiger partial charge in [0.15, 0.2) is 0 Å². The second-order valence-corrected chi connectivity index (χ2v) is 8.64. The number of nitrogens with one attached hydrogen (secondary N) is 1. The third-order valence-corrected chi connectivity index (χ3v) is 6.55. The van der Waals surface area contributed by atoms with Crippen LogP contribution in [0.3, 0.4) is 0 Å². The molecule has 1 saturated heterocycles. The van der Waals surface area contributed by atoms with Crippen molar-refractivity contribution >= 4 is 21.6 Å². The van der Waals surface area contributed by atoms with Crippen molar-refractivity contribution in [3.63, 3.8) is 0 Å². The molecule has 0 spiro atoms. The van der Waals surface area contributed by atoms with Crippen LogP contribution in [0.5, 0.6) is 0 Å². The van der Waals surface area contributed by atoms with Crippen molar-refractivity contribution in [2.24, 2.45) is 5.92 Å². The smallest absolute Gasteiger partial charge is 0.243 e. The number of nitrogens with zero attached hydrogens (tertiary/aromatic N) is 2. The maximum absolute atomic E-state index is 12.9. The summed E-state index contributed by atoms with van der Waals surface area (Å²) in [5.74, 6) is -0.654. The lowest BCUT2D eigenvalue weighted by Gasteiger charge is -2.31. The molecule has 140 valence electrons. The molecule has 0 radical (unpaired) electrons. The highest BCUT2D eigenvalue weighted by Crippen LogP contribution is 2.25. The summed E-state index contributed by atoms with van der Waals surface area (Å²) in [6.07, 6.45) is 1.26. The fraction of sp³-hybridized carbons (Fsp3) is 0.300. The van der Waals surface area contributed by atoms with Crippen LogP contribution in [0, 0.1) is 24.2 Å². The average molecular weight is 383 g/mol. The SMILES string of the molecule is Cc1ccc(S(=O)(=O)N2CCC[C@@H](C(=O)Nc3cccc(C#N)c3)C2)cc1. The largest absolute Gasteiger partial charge is 0.326 e. The second-order valence-electron chi connectivity index (χ2n) is 6.70. The van der Waals surface area contributed by atoms with Gasteiger partial charge in [0.05, 0.1) is 22.4 Å². The van der Waals surface area contributed by atoms with Crippen LogP contribution < -0.4 is 5.32 Å². The zero-order valence-corrected chi connectivity index (χ0v) is 15.9. The molecular formula is C20H21N3O3S. The molecule has 1 aliphatic rings. The third kappa shape index (κ3) is 4.35. The van der Waals surface area contributed by atoms with E-state index in [4.69, 9.17) is 5.26 Å². The summed E-state index contributed by atoms with van der Waals surface area (Å²) in [7, 11) is -3.62. The molecule has 27 heavy (non-hydrogen) atoms. The molecule has 7 heteroatoms. The lowest BCUT2D eigenvalue weighted by Crippen LogP contribution is -2.43. The molecule has 1 aliphatic heterocycles. The van der Waals surface area contributed by atoms with Crippen LogP contribution in [-0.4, -0.2) is 31.7 Å². The molecule has 2 aromatic carbocycles. The van der Waals surface area contributed by atoms with Gasteiger partial charge in [0.25, 0.3) is 0 Å². The Kier molecular flexibility index (Phi) is 5.59. The molecular weight excluding hydrogens is 362 g/mol. The van der Waals surface area contributed by atoms with Crippen molar-refractivity contribution < 1.29 is 13.2 Å². The lowest BCUT2D eigenvalue weighted by molar-refractivity contribution is -0.120. The van der Waals surface area contributed by atoms with E-state index >= 15 is 0 Å². The van der Waals surface area contributed by atoms with Gasteiger partial charge in [-0.25, -0.2) is 8.42 Å². The van der Waals surface area contributed by atoms with Crippen molar-refractivity contribution in [3.8, 4) is 6.07 Å². The summed E-state index contributed by atoms with van der Waals surface area (Å²) in [5, 5.41) is 11.8. The number of piperidine rings is 1. The van der Waals surface area contributed by atoms with Crippen molar-refractivity contribution in [2.75, 3.05) is 18.4 Å². The number of sulfonamides is 1. The highest BCUT2D eigenvalue weighted by Gasteiger charge is 2.33. The Morgan fingerprint density at radius 3 is 2.67 bits per heavy atom. The van der Waals surface area contributed by atoms with Gasteiger partial charge in [0.1, 0.15) is 0 Å². The minimum Gasteiger partial charge on any atom is -0.326 e. The Bertz CT molecular complexity index is 978. The van der Waals surface area contributed by atoms with Crippen LogP contribution in [0.4, 0.5) is 5.69 Å². The highest BCUT2D eigenvalue weighted by molar-refractivity contribution is 7.89. The number of anilines is 1. The topological polar surface area (TPSA) is 90.3 Å². The minimum absolute atomic E-state index is 0.153. The molecule has 2 aromatic rings. The van der Waals surface area contributed by atoms with Gasteiger partial charge >= 0.3 is 0 Å². The van der Waals surface area contributed by atoms with Gasteiger partial charge in [-0.1, -0.05) is 23.8 Å². The van der Waals surface area contributed by atoms with E-state index in [1.54, 1.807) is 48.5 Å². The second kappa shape index (κ2) is 7.91. The number of hydrogen-bond donors (Lipinski definition) is 1. The Balaban J connectivity index is 1.72. The van der Waals surface area contributed by atoms with Gasteiger partial charge in [0.2, 0.25) is 15.9 Å². The fourth-order valence-corrected chi connectivity index (χ4v) is 4.67. The van der Waals surface area contributed by atoms with E-state index in [1.165, 1.54) is 4.31 Å². The van der Waals surface area contributed by atoms with Gasteiger partial charge in [-0.05, 0) is 50.1 Å². The molecule has 1 N–H and O–H groups in total. The number of amides is 1. The van der Waals surface area contributed by atoms with Crippen molar-refractivity contribution in [3.05, 3.63) is 59.7 Å². The predicted molar refractivity (Wildman–Crippen MR) is 102 cm³/mol. The van der Waals surface area contributed by atoms with Crippen molar-refractivity contribution in [2.45, 2.75) is 24.7 Å². The summed E-state index contributed by atoms with van der Waals surface area (Å²) in [6, 6.07) is 15.4. The van der Waals surface area contributed by atoms with Crippen LogP contribution >= 0.6 is 0 Å². The number of nitriles is 1. The number of hydrogen-bond acceptors (Lipinski definition) is 4. The number of carbonyl (C=O) groups is 1. The Morgan fingerprint density at radius 2 is 1.96 bits per heavy atom. The van der Waals surface area contributed by atoms with Crippen LogP contribution in [-0.2, 0) is 14.8 Å². The van der Waals surface area contributed by atoms with E-state index in [0.29, 0.717) is 30.6 Å². The first kappa shape index (κ1) is 19.1. The van der Waals surface area contributed by atoms with Gasteiger partial charge < -0.3 is 5.32 Å². The molecule has 0 bridgehead atoms. The molecule has 0 saturated carbocycles. The molecule has 6 nitrogen and oxygen atoms in total. The Hall–Kier alpha value is -2.69. The summed E-state index contributed by atoms with van der Waals surface area (Å²) >= 11 is 0. The molecule has 0 unspecified atom stereocenters. The molecule has 0 aromatic heterocycles. The van der Waals surface area contributed by atoms with E-state index in [-0.39, 0.29) is 17.3 Å². The number of benzene rings is 2. The first-order chi connectivity index (χ1) is 12.9. The number of rotatable bonds is 4. The zero-order valence-electron chi connectivity index (χ0n) is 15.1. The maximum atomic E-state index is 12.9. The van der Waals surface area contributed by atoms with Crippen LogP contribution in [0.2, 0.25) is 0 Å². The average Bonchev–Trinajstić information content (AvgIpc) is 2.68. The molecule has 3 rings (SSSR count). The van der Waals surface area contributed by atoms with E-state index in [9.17, 15) is 13.2 Å². The van der Waals surface area contributed by atoms with Crippen LogP contribution in [0.25, 0.3) is 0 Å². The van der Waals surface area contributed by atoms with E-state index in [1.807, 2.05) is 13.0 Å². The number of carbonyl (C=O) groups excluding carboxylic acids is 1.